The van der Waals surface area contributed by atoms with Crippen molar-refractivity contribution >= 4 is 27.5 Å². The minimum absolute atomic E-state index is 0.488. The number of hydrogen-bond acceptors (Lipinski definition) is 1. The molecule has 2 rings (SSSR count). The smallest absolute Gasteiger partial charge is 0.0909 e. The maximum Gasteiger partial charge on any atom is 0.0909 e. The fraction of sp³-hybridized carbons (Fsp3) is 0.294. The highest BCUT2D eigenvalue weighted by Gasteiger charge is 2.25. The summed E-state index contributed by atoms with van der Waals surface area (Å²) in [6.45, 7) is 5.95. The number of benzene rings is 2. The van der Waals surface area contributed by atoms with Gasteiger partial charge in [0.05, 0.1) is 5.60 Å². The molecule has 20 heavy (non-hydrogen) atoms. The van der Waals surface area contributed by atoms with Gasteiger partial charge in [-0.2, -0.15) is 0 Å². The molecular weight excluding hydrogens is 336 g/mol. The van der Waals surface area contributed by atoms with Crippen LogP contribution in [0.1, 0.15) is 29.2 Å². The van der Waals surface area contributed by atoms with Crippen molar-refractivity contribution < 1.29 is 5.11 Å². The van der Waals surface area contributed by atoms with Crippen LogP contribution in [-0.2, 0) is 12.0 Å². The Bertz CT molecular complexity index is 635. The Morgan fingerprint density at radius 3 is 2.40 bits per heavy atom. The van der Waals surface area contributed by atoms with Crippen molar-refractivity contribution in [3.63, 3.8) is 0 Å². The van der Waals surface area contributed by atoms with Gasteiger partial charge in [0.15, 0.2) is 0 Å². The lowest BCUT2D eigenvalue weighted by molar-refractivity contribution is 0.0576. The van der Waals surface area contributed by atoms with Crippen LogP contribution in [0, 0.1) is 13.8 Å². The molecule has 0 bridgehead atoms. The van der Waals surface area contributed by atoms with Crippen molar-refractivity contribution in [2.24, 2.45) is 0 Å². The number of hydrogen-bond donors (Lipinski definition) is 1. The molecule has 0 saturated carbocycles. The Balaban J connectivity index is 2.32. The second-order valence-electron chi connectivity index (χ2n) is 5.49. The molecule has 0 aliphatic rings. The topological polar surface area (TPSA) is 20.2 Å². The summed E-state index contributed by atoms with van der Waals surface area (Å²) in [5.41, 5.74) is 3.34. The molecule has 0 aromatic heterocycles. The summed E-state index contributed by atoms with van der Waals surface area (Å²) in [5.74, 6) is 0. The van der Waals surface area contributed by atoms with Crippen molar-refractivity contribution in [3.8, 4) is 0 Å². The molecule has 2 aromatic rings. The monoisotopic (exact) mass is 352 g/mol. The lowest BCUT2D eigenvalue weighted by Crippen LogP contribution is -2.24. The van der Waals surface area contributed by atoms with E-state index in [1.165, 1.54) is 11.1 Å². The van der Waals surface area contributed by atoms with Crippen molar-refractivity contribution in [1.82, 2.24) is 0 Å². The summed E-state index contributed by atoms with van der Waals surface area (Å²) in [6.07, 6.45) is 0.488. The minimum atomic E-state index is -0.935. The quantitative estimate of drug-likeness (QED) is 0.807. The number of aryl methyl sites for hydroxylation is 2. The van der Waals surface area contributed by atoms with Crippen molar-refractivity contribution in [3.05, 3.63) is 68.1 Å². The normalized spacial score (nSPS) is 14.1. The van der Waals surface area contributed by atoms with Gasteiger partial charge in [-0.05, 0) is 55.2 Å². The summed E-state index contributed by atoms with van der Waals surface area (Å²) in [6, 6.07) is 11.8. The fourth-order valence-electron chi connectivity index (χ4n) is 2.21. The van der Waals surface area contributed by atoms with E-state index in [2.05, 4.69) is 29.8 Å². The zero-order valence-electron chi connectivity index (χ0n) is 11.9. The highest BCUT2D eigenvalue weighted by Crippen LogP contribution is 2.31. The highest BCUT2D eigenvalue weighted by atomic mass is 79.9. The Labute approximate surface area is 133 Å². The molecule has 0 heterocycles. The molecule has 106 valence electrons. The lowest BCUT2D eigenvalue weighted by atomic mass is 9.87. The van der Waals surface area contributed by atoms with E-state index >= 15 is 0 Å². The van der Waals surface area contributed by atoms with Gasteiger partial charge in [-0.25, -0.2) is 0 Å². The van der Waals surface area contributed by atoms with E-state index in [1.807, 2.05) is 43.3 Å². The van der Waals surface area contributed by atoms with Gasteiger partial charge >= 0.3 is 0 Å². The maximum absolute atomic E-state index is 10.8. The van der Waals surface area contributed by atoms with Crippen LogP contribution in [0.5, 0.6) is 0 Å². The molecular formula is C17H18BrClO. The molecule has 1 atom stereocenters. The Morgan fingerprint density at radius 2 is 1.80 bits per heavy atom. The van der Waals surface area contributed by atoms with Gasteiger partial charge in [0, 0.05) is 15.9 Å². The molecule has 0 fully saturated rings. The minimum Gasteiger partial charge on any atom is -0.385 e. The second kappa shape index (κ2) is 5.88. The van der Waals surface area contributed by atoms with E-state index < -0.39 is 5.60 Å². The summed E-state index contributed by atoms with van der Waals surface area (Å²) < 4.78 is 0.942. The zero-order valence-corrected chi connectivity index (χ0v) is 14.2. The summed E-state index contributed by atoms with van der Waals surface area (Å²) in [5, 5.41) is 11.4. The van der Waals surface area contributed by atoms with Gasteiger partial charge in [0.2, 0.25) is 0 Å². The predicted molar refractivity (Wildman–Crippen MR) is 88.3 cm³/mol. The predicted octanol–water partition coefficient (Wildman–Crippen LogP) is 5.17. The fourth-order valence-corrected chi connectivity index (χ4v) is 2.95. The molecule has 1 nitrogen and oxygen atoms in total. The number of rotatable bonds is 3. The highest BCUT2D eigenvalue weighted by molar-refractivity contribution is 9.10. The van der Waals surface area contributed by atoms with Gasteiger partial charge in [-0.15, -0.1) is 0 Å². The molecule has 1 N–H and O–H groups in total. The Kier molecular flexibility index (Phi) is 4.58. The molecule has 0 spiro atoms. The van der Waals surface area contributed by atoms with Gasteiger partial charge in [0.1, 0.15) is 0 Å². The van der Waals surface area contributed by atoms with Crippen LogP contribution in [0.2, 0.25) is 5.02 Å². The Morgan fingerprint density at radius 1 is 1.10 bits per heavy atom. The molecule has 0 saturated heterocycles. The van der Waals surface area contributed by atoms with Crippen molar-refractivity contribution in [2.75, 3.05) is 0 Å². The van der Waals surface area contributed by atoms with Gasteiger partial charge < -0.3 is 5.11 Å². The van der Waals surface area contributed by atoms with Gasteiger partial charge in [0.25, 0.3) is 0 Å². The van der Waals surface area contributed by atoms with Gasteiger partial charge in [-0.1, -0.05) is 51.8 Å². The molecule has 3 heteroatoms. The van der Waals surface area contributed by atoms with Crippen LogP contribution in [0.4, 0.5) is 0 Å². The van der Waals surface area contributed by atoms with E-state index in [1.54, 1.807) is 0 Å². The molecule has 0 aliphatic carbocycles. The van der Waals surface area contributed by atoms with Crippen LogP contribution >= 0.6 is 27.5 Å². The third kappa shape index (κ3) is 3.43. The van der Waals surface area contributed by atoms with Crippen LogP contribution in [0.15, 0.2) is 40.9 Å². The number of halogens is 2. The van der Waals surface area contributed by atoms with Crippen LogP contribution in [0.3, 0.4) is 0 Å². The van der Waals surface area contributed by atoms with Crippen molar-refractivity contribution in [2.45, 2.75) is 32.8 Å². The largest absolute Gasteiger partial charge is 0.385 e. The zero-order chi connectivity index (χ0) is 14.9. The average Bonchev–Trinajstić information content (AvgIpc) is 2.36. The first-order valence-corrected chi connectivity index (χ1v) is 7.71. The van der Waals surface area contributed by atoms with E-state index in [0.29, 0.717) is 11.4 Å². The SMILES string of the molecule is Cc1ccc(C(C)(O)Cc2ccc(Br)cc2Cl)cc1C. The summed E-state index contributed by atoms with van der Waals surface area (Å²) >= 11 is 9.63. The van der Waals surface area contributed by atoms with Gasteiger partial charge in [-0.3, -0.25) is 0 Å². The van der Waals surface area contributed by atoms with E-state index in [0.717, 1.165) is 15.6 Å². The molecule has 1 unspecified atom stereocenters. The van der Waals surface area contributed by atoms with Crippen molar-refractivity contribution in [1.29, 1.82) is 0 Å². The first kappa shape index (κ1) is 15.6. The van der Waals surface area contributed by atoms with E-state index in [4.69, 9.17) is 11.6 Å². The number of aliphatic hydroxyl groups is 1. The summed E-state index contributed by atoms with van der Waals surface area (Å²) in [7, 11) is 0. The first-order chi connectivity index (χ1) is 9.29. The molecule has 0 radical (unpaired) electrons. The molecule has 0 aliphatic heterocycles. The average molecular weight is 354 g/mol. The van der Waals surface area contributed by atoms with Crippen LogP contribution in [0.25, 0.3) is 0 Å². The first-order valence-electron chi connectivity index (χ1n) is 6.53. The maximum atomic E-state index is 10.8. The van der Waals surface area contributed by atoms with Crippen LogP contribution in [-0.4, -0.2) is 5.11 Å². The van der Waals surface area contributed by atoms with E-state index in [9.17, 15) is 5.11 Å². The summed E-state index contributed by atoms with van der Waals surface area (Å²) in [4.78, 5) is 0. The second-order valence-corrected chi connectivity index (χ2v) is 6.81. The van der Waals surface area contributed by atoms with E-state index in [-0.39, 0.29) is 0 Å². The Hall–Kier alpha value is -0.830. The molecule has 2 aromatic carbocycles. The standard InChI is InChI=1S/C17H18BrClO/c1-11-4-6-14(8-12(11)2)17(3,20)10-13-5-7-15(18)9-16(13)19/h4-9,20H,10H2,1-3H3. The molecule has 0 amide bonds. The van der Waals surface area contributed by atoms with Crippen LogP contribution < -0.4 is 0 Å². The lowest BCUT2D eigenvalue weighted by Gasteiger charge is -2.25. The third-order valence-corrected chi connectivity index (χ3v) is 4.52. The third-order valence-electron chi connectivity index (χ3n) is 3.68.